The van der Waals surface area contributed by atoms with E-state index in [0.717, 1.165) is 19.2 Å². The van der Waals surface area contributed by atoms with Crippen molar-refractivity contribution in [3.8, 4) is 0 Å². The normalized spacial score (nSPS) is 19.8. The van der Waals surface area contributed by atoms with Crippen LogP contribution in [0.2, 0.25) is 13.1 Å². The lowest BCUT2D eigenvalue weighted by Crippen LogP contribution is -2.55. The van der Waals surface area contributed by atoms with E-state index in [-0.39, 0.29) is 5.54 Å². The third-order valence-electron chi connectivity index (χ3n) is 5.23. The van der Waals surface area contributed by atoms with E-state index < -0.39 is 0 Å². The summed E-state index contributed by atoms with van der Waals surface area (Å²) in [5, 5.41) is 0. The number of nitrogens with zero attached hydrogens (tertiary/aromatic N) is 1. The largest absolute Gasteiger partial charge is 0.324 e. The Morgan fingerprint density at radius 2 is 2.05 bits per heavy atom. The summed E-state index contributed by atoms with van der Waals surface area (Å²) < 4.78 is 0. The van der Waals surface area contributed by atoms with Crippen molar-refractivity contribution in [3.05, 3.63) is 28.8 Å². The minimum Gasteiger partial charge on any atom is -0.324 e. The number of benzene rings is 1. The van der Waals surface area contributed by atoms with Crippen molar-refractivity contribution < 1.29 is 0 Å². The topological polar surface area (TPSA) is 29.3 Å². The van der Waals surface area contributed by atoms with E-state index in [1.807, 2.05) is 0 Å². The first-order valence-corrected chi connectivity index (χ1v) is 8.46. The van der Waals surface area contributed by atoms with E-state index in [4.69, 9.17) is 5.73 Å². The molecule has 3 rings (SSSR count). The number of aryl methyl sites for hydroxylation is 1. The molecule has 0 atom stereocenters. The van der Waals surface area contributed by atoms with Gasteiger partial charge in [-0.25, -0.2) is 0 Å². The van der Waals surface area contributed by atoms with Crippen LogP contribution in [-0.2, 0) is 12.8 Å². The van der Waals surface area contributed by atoms with Gasteiger partial charge >= 0.3 is 0 Å². The first-order chi connectivity index (χ1) is 9.83. The second kappa shape index (κ2) is 5.44. The van der Waals surface area contributed by atoms with E-state index >= 15 is 0 Å². The Morgan fingerprint density at radius 3 is 2.71 bits per heavy atom. The Hall–Kier alpha value is -0.795. The number of likely N-dealkylation sites (tertiary alicyclic amines) is 1. The van der Waals surface area contributed by atoms with E-state index in [1.54, 1.807) is 22.2 Å². The Bertz CT molecular complexity index is 527. The fourth-order valence-electron chi connectivity index (χ4n) is 4.29. The van der Waals surface area contributed by atoms with Gasteiger partial charge in [0.15, 0.2) is 6.71 Å². The Morgan fingerprint density at radius 1 is 1.33 bits per heavy atom. The van der Waals surface area contributed by atoms with Crippen molar-refractivity contribution in [2.45, 2.75) is 52.3 Å². The number of rotatable bonds is 4. The molecule has 0 aromatic heterocycles. The van der Waals surface area contributed by atoms with Crippen molar-refractivity contribution in [3.63, 3.8) is 0 Å². The van der Waals surface area contributed by atoms with Gasteiger partial charge < -0.3 is 10.6 Å². The molecular weight excluding hydrogens is 255 g/mol. The maximum absolute atomic E-state index is 6.10. The van der Waals surface area contributed by atoms with Crippen LogP contribution in [0.15, 0.2) is 12.1 Å². The highest BCUT2D eigenvalue weighted by Crippen LogP contribution is 2.25. The van der Waals surface area contributed by atoms with Crippen LogP contribution in [0.3, 0.4) is 0 Å². The molecule has 2 N–H and O–H groups in total. The summed E-state index contributed by atoms with van der Waals surface area (Å²) in [6.07, 6.45) is 3.86. The molecule has 0 spiro atoms. The number of hydrogen-bond donors (Lipinski definition) is 1. The second-order valence-corrected chi connectivity index (χ2v) is 8.12. The van der Waals surface area contributed by atoms with Crippen molar-refractivity contribution in [2.75, 3.05) is 19.6 Å². The Labute approximate surface area is 130 Å². The standard InChI is InChI=1S/C18H29BN2/c1-13-16(6-5-15-7-8-19(4)17(13)15)9-14-10-21(11-14)12-18(2,3)20/h5-6,14H,7-12,20H2,1-4H3. The highest BCUT2D eigenvalue weighted by atomic mass is 15.2. The van der Waals surface area contributed by atoms with Crippen molar-refractivity contribution in [2.24, 2.45) is 11.7 Å². The van der Waals surface area contributed by atoms with Crippen LogP contribution in [0.4, 0.5) is 0 Å². The van der Waals surface area contributed by atoms with Gasteiger partial charge in [0.05, 0.1) is 0 Å². The SMILES string of the molecule is CB1CCc2ccc(CC3CN(CC(C)(C)N)C3)c(C)c21. The summed E-state index contributed by atoms with van der Waals surface area (Å²) in [5.74, 6) is 0.820. The lowest BCUT2D eigenvalue weighted by molar-refractivity contribution is 0.0802. The predicted molar refractivity (Wildman–Crippen MR) is 92.8 cm³/mol. The van der Waals surface area contributed by atoms with Gasteiger partial charge in [0.25, 0.3) is 0 Å². The van der Waals surface area contributed by atoms with Crippen molar-refractivity contribution in [1.29, 1.82) is 0 Å². The lowest BCUT2D eigenvalue weighted by atomic mass is 9.47. The van der Waals surface area contributed by atoms with E-state index in [0.29, 0.717) is 0 Å². The molecule has 21 heavy (non-hydrogen) atoms. The third kappa shape index (κ3) is 3.19. The van der Waals surface area contributed by atoms with Crippen LogP contribution >= 0.6 is 0 Å². The molecule has 2 aliphatic rings. The molecule has 0 radical (unpaired) electrons. The summed E-state index contributed by atoms with van der Waals surface area (Å²) in [4.78, 5) is 2.50. The van der Waals surface area contributed by atoms with Crippen LogP contribution in [0, 0.1) is 12.8 Å². The highest BCUT2D eigenvalue weighted by molar-refractivity contribution is 6.74. The molecule has 1 saturated heterocycles. The van der Waals surface area contributed by atoms with Crippen molar-refractivity contribution in [1.82, 2.24) is 4.90 Å². The van der Waals surface area contributed by atoms with Gasteiger partial charge in [-0.1, -0.05) is 41.9 Å². The molecular formula is C18H29BN2. The quantitative estimate of drug-likeness (QED) is 0.858. The monoisotopic (exact) mass is 284 g/mol. The van der Waals surface area contributed by atoms with Crippen molar-refractivity contribution >= 4 is 12.2 Å². The predicted octanol–water partition coefficient (Wildman–Crippen LogP) is 2.09. The summed E-state index contributed by atoms with van der Waals surface area (Å²) >= 11 is 0. The molecule has 1 aromatic rings. The minimum atomic E-state index is -0.0656. The summed E-state index contributed by atoms with van der Waals surface area (Å²) in [6.45, 7) is 13.2. The second-order valence-electron chi connectivity index (χ2n) is 8.12. The van der Waals surface area contributed by atoms with Gasteiger partial charge in [0.2, 0.25) is 0 Å². The van der Waals surface area contributed by atoms with Crippen LogP contribution in [-0.4, -0.2) is 36.8 Å². The fourth-order valence-corrected chi connectivity index (χ4v) is 4.29. The number of nitrogens with two attached hydrogens (primary N) is 1. The smallest absolute Gasteiger partial charge is 0.173 e. The van der Waals surface area contributed by atoms with Crippen LogP contribution in [0.1, 0.15) is 30.5 Å². The molecule has 2 aliphatic heterocycles. The van der Waals surface area contributed by atoms with Crippen LogP contribution < -0.4 is 11.2 Å². The van der Waals surface area contributed by atoms with Gasteiger partial charge in [-0.2, -0.15) is 0 Å². The maximum atomic E-state index is 6.10. The Balaban J connectivity index is 1.62. The van der Waals surface area contributed by atoms with Gasteiger partial charge in [-0.3, -0.25) is 0 Å². The molecule has 1 fully saturated rings. The molecule has 0 saturated carbocycles. The van der Waals surface area contributed by atoms with E-state index in [9.17, 15) is 0 Å². The average Bonchev–Trinajstić information content (AvgIpc) is 2.70. The van der Waals surface area contributed by atoms with Crippen LogP contribution in [0.25, 0.3) is 0 Å². The molecule has 0 aliphatic carbocycles. The zero-order chi connectivity index (χ0) is 15.2. The molecule has 0 bridgehead atoms. The third-order valence-corrected chi connectivity index (χ3v) is 5.23. The van der Waals surface area contributed by atoms with Gasteiger partial charge in [0.1, 0.15) is 0 Å². The molecule has 1 aromatic carbocycles. The highest BCUT2D eigenvalue weighted by Gasteiger charge is 2.31. The first-order valence-electron chi connectivity index (χ1n) is 8.46. The van der Waals surface area contributed by atoms with Gasteiger partial charge in [-0.15, -0.1) is 0 Å². The number of hydrogen-bond acceptors (Lipinski definition) is 2. The summed E-state index contributed by atoms with van der Waals surface area (Å²) in [5.41, 5.74) is 12.5. The van der Waals surface area contributed by atoms with Crippen LogP contribution in [0.5, 0.6) is 0 Å². The van der Waals surface area contributed by atoms with E-state index in [1.165, 1.54) is 32.3 Å². The fraction of sp³-hybridized carbons (Fsp3) is 0.667. The van der Waals surface area contributed by atoms with Gasteiger partial charge in [-0.05, 0) is 45.1 Å². The molecule has 3 heteroatoms. The molecule has 2 heterocycles. The molecule has 2 nitrogen and oxygen atoms in total. The summed E-state index contributed by atoms with van der Waals surface area (Å²) in [6, 6.07) is 4.78. The summed E-state index contributed by atoms with van der Waals surface area (Å²) in [7, 11) is 0. The maximum Gasteiger partial charge on any atom is 0.173 e. The number of fused-ring (bicyclic) bond motifs is 1. The minimum absolute atomic E-state index is 0.0656. The average molecular weight is 284 g/mol. The molecule has 0 amide bonds. The van der Waals surface area contributed by atoms with Gasteiger partial charge in [0, 0.05) is 25.2 Å². The Kier molecular flexibility index (Phi) is 3.92. The zero-order valence-electron chi connectivity index (χ0n) is 14.1. The zero-order valence-corrected chi connectivity index (χ0v) is 14.1. The molecule has 0 unspecified atom stereocenters. The van der Waals surface area contributed by atoms with E-state index in [2.05, 4.69) is 44.6 Å². The molecule has 114 valence electrons. The first kappa shape index (κ1) is 15.1. The lowest BCUT2D eigenvalue weighted by Gasteiger charge is -2.42.